The Kier molecular flexibility index (Phi) is 10.0. The lowest BCUT2D eigenvalue weighted by Gasteiger charge is -2.30. The highest BCUT2D eigenvalue weighted by atomic mass is 35.5. The number of hydrazone groups is 1. The third kappa shape index (κ3) is 6.92. The van der Waals surface area contributed by atoms with Gasteiger partial charge in [-0.15, -0.1) is 0 Å². The Balaban J connectivity index is 3.00. The summed E-state index contributed by atoms with van der Waals surface area (Å²) in [5.74, 6) is -0.208. The molecule has 0 radical (unpaired) electrons. The van der Waals surface area contributed by atoms with E-state index in [9.17, 15) is 9.18 Å². The van der Waals surface area contributed by atoms with Crippen LogP contribution in [0.25, 0.3) is 0 Å². The third-order valence-electron chi connectivity index (χ3n) is 3.63. The van der Waals surface area contributed by atoms with Crippen molar-refractivity contribution in [1.82, 2.24) is 5.01 Å². The third-order valence-corrected chi connectivity index (χ3v) is 5.22. The molecule has 0 fully saturated rings. The van der Waals surface area contributed by atoms with Gasteiger partial charge in [0.25, 0.3) is 5.91 Å². The van der Waals surface area contributed by atoms with Gasteiger partial charge in [-0.25, -0.2) is 5.01 Å². The first-order chi connectivity index (χ1) is 13.4. The number of allylic oxidation sites excluding steroid dienone is 1. The smallest absolute Gasteiger partial charge is 0.289 e. The summed E-state index contributed by atoms with van der Waals surface area (Å²) in [6.45, 7) is 9.87. The summed E-state index contributed by atoms with van der Waals surface area (Å²) in [6.07, 6.45) is 0.205. The van der Waals surface area contributed by atoms with Crippen LogP contribution in [-0.4, -0.2) is 36.5 Å². The first kappa shape index (κ1) is 25.8. The molecule has 0 atom stereocenters. The number of ether oxygens (including phenoxy) is 2. The van der Waals surface area contributed by atoms with E-state index in [2.05, 4.69) is 11.8 Å². The number of carbonyl (C=O) groups is 1. The highest BCUT2D eigenvalue weighted by Crippen LogP contribution is 2.41. The molecule has 0 heterocycles. The van der Waals surface area contributed by atoms with Crippen molar-refractivity contribution in [2.24, 2.45) is 5.10 Å². The highest BCUT2D eigenvalue weighted by Gasteiger charge is 2.29. The second kappa shape index (κ2) is 11.3. The van der Waals surface area contributed by atoms with E-state index in [1.807, 2.05) is 0 Å². The van der Waals surface area contributed by atoms with E-state index in [1.165, 1.54) is 13.0 Å². The van der Waals surface area contributed by atoms with E-state index in [1.54, 1.807) is 20.8 Å². The minimum Gasteiger partial charge on any atom is -0.492 e. The summed E-state index contributed by atoms with van der Waals surface area (Å²) >= 11 is 24.8. The molecule has 0 aliphatic heterocycles. The summed E-state index contributed by atoms with van der Waals surface area (Å²) < 4.78 is 23.2. The molecule has 0 unspecified atom stereocenters. The molecule has 0 aliphatic rings. The largest absolute Gasteiger partial charge is 0.492 e. The molecule has 1 aromatic carbocycles. The molecular formula is C19H23Cl4FN2O3. The van der Waals surface area contributed by atoms with E-state index in [0.717, 1.165) is 5.01 Å². The van der Waals surface area contributed by atoms with E-state index < -0.39 is 18.1 Å². The summed E-state index contributed by atoms with van der Waals surface area (Å²) in [5, 5.41) is 5.21. The zero-order valence-electron chi connectivity index (χ0n) is 16.6. The topological polar surface area (TPSA) is 51.1 Å². The average Bonchev–Trinajstić information content (AvgIpc) is 2.64. The van der Waals surface area contributed by atoms with Crippen molar-refractivity contribution in [2.75, 3.05) is 13.3 Å². The maximum atomic E-state index is 12.5. The van der Waals surface area contributed by atoms with Crippen molar-refractivity contribution in [3.63, 3.8) is 0 Å². The predicted molar refractivity (Wildman–Crippen MR) is 117 cm³/mol. The highest BCUT2D eigenvalue weighted by molar-refractivity contribution is 6.45. The first-order valence-electron chi connectivity index (χ1n) is 8.61. The van der Waals surface area contributed by atoms with Crippen LogP contribution in [0.3, 0.4) is 0 Å². The summed E-state index contributed by atoms with van der Waals surface area (Å²) in [5.41, 5.74) is -0.146. The Morgan fingerprint density at radius 1 is 1.28 bits per heavy atom. The molecule has 1 amide bonds. The average molecular weight is 488 g/mol. The molecular weight excluding hydrogens is 465 g/mol. The van der Waals surface area contributed by atoms with Crippen molar-refractivity contribution in [1.29, 1.82) is 0 Å². The van der Waals surface area contributed by atoms with Crippen LogP contribution in [-0.2, 0) is 16.1 Å². The van der Waals surface area contributed by atoms with Crippen LogP contribution in [0.4, 0.5) is 4.39 Å². The van der Waals surface area contributed by atoms with Crippen LogP contribution >= 0.6 is 46.4 Å². The molecule has 0 saturated heterocycles. The van der Waals surface area contributed by atoms with Crippen LogP contribution in [0.1, 0.15) is 39.7 Å². The molecule has 0 spiro atoms. The molecule has 0 bridgehead atoms. The van der Waals surface area contributed by atoms with E-state index in [0.29, 0.717) is 5.56 Å². The lowest BCUT2D eigenvalue weighted by Crippen LogP contribution is -2.41. The van der Waals surface area contributed by atoms with Crippen LogP contribution in [0.5, 0.6) is 5.75 Å². The quantitative estimate of drug-likeness (QED) is 0.0982. The van der Waals surface area contributed by atoms with Gasteiger partial charge in [0, 0.05) is 18.7 Å². The molecule has 5 nitrogen and oxygen atoms in total. The fraction of sp³-hybridized carbons (Fsp3) is 0.474. The number of hydrogen-bond acceptors (Lipinski definition) is 4. The number of benzene rings is 1. The number of nitrogens with zero attached hydrogens (tertiary/aromatic N) is 2. The lowest BCUT2D eigenvalue weighted by molar-refractivity contribution is -0.131. The van der Waals surface area contributed by atoms with Crippen LogP contribution in [0, 0.1) is 0 Å². The second-order valence-corrected chi connectivity index (χ2v) is 8.49. The molecule has 0 N–H and O–H groups in total. The molecule has 0 saturated carbocycles. The number of hydrogen-bond donors (Lipinski definition) is 0. The van der Waals surface area contributed by atoms with Crippen molar-refractivity contribution in [2.45, 2.75) is 46.3 Å². The van der Waals surface area contributed by atoms with Gasteiger partial charge in [-0.2, -0.15) is 5.10 Å². The van der Waals surface area contributed by atoms with Gasteiger partial charge in [0.15, 0.2) is 5.75 Å². The van der Waals surface area contributed by atoms with Crippen molar-refractivity contribution in [3.05, 3.63) is 37.5 Å². The maximum absolute atomic E-state index is 12.5. The molecule has 0 aliphatic carbocycles. The second-order valence-electron chi connectivity index (χ2n) is 6.95. The normalized spacial score (nSPS) is 12.3. The summed E-state index contributed by atoms with van der Waals surface area (Å²) in [7, 11) is 0. The van der Waals surface area contributed by atoms with Crippen molar-refractivity contribution >= 4 is 59.0 Å². The maximum Gasteiger partial charge on any atom is 0.289 e. The number of amides is 1. The van der Waals surface area contributed by atoms with Gasteiger partial charge < -0.3 is 9.47 Å². The van der Waals surface area contributed by atoms with Gasteiger partial charge in [0.2, 0.25) is 0 Å². The van der Waals surface area contributed by atoms with E-state index in [4.69, 9.17) is 55.9 Å². The summed E-state index contributed by atoms with van der Waals surface area (Å²) in [4.78, 5) is 12.5. The van der Waals surface area contributed by atoms with Gasteiger partial charge in [-0.1, -0.05) is 46.4 Å². The minimum atomic E-state index is -0.610. The van der Waals surface area contributed by atoms with Crippen LogP contribution in [0.15, 0.2) is 22.0 Å². The van der Waals surface area contributed by atoms with Gasteiger partial charge >= 0.3 is 0 Å². The molecule has 29 heavy (non-hydrogen) atoms. The van der Waals surface area contributed by atoms with Crippen LogP contribution < -0.4 is 4.74 Å². The fourth-order valence-corrected chi connectivity index (χ4v) is 3.10. The lowest BCUT2D eigenvalue weighted by atomic mass is 10.1. The molecule has 162 valence electrons. The number of rotatable bonds is 9. The monoisotopic (exact) mass is 486 g/mol. The van der Waals surface area contributed by atoms with E-state index in [-0.39, 0.29) is 51.2 Å². The molecule has 0 aromatic heterocycles. The van der Waals surface area contributed by atoms with Gasteiger partial charge in [0.05, 0.1) is 28.9 Å². The van der Waals surface area contributed by atoms with Gasteiger partial charge in [0.1, 0.15) is 22.4 Å². The number of carbonyl (C=O) groups excluding carboxylic acids is 1. The minimum absolute atomic E-state index is 0.0462. The SMILES string of the molecule is C=NN(C(=O)/C(Cl)=C(\C)OCc1cc(Cl)c(OCCCF)c(Cl)c1Cl)C(C)(C)C. The number of alkyl halides is 1. The Bertz CT molecular complexity index is 795. The van der Waals surface area contributed by atoms with Crippen molar-refractivity contribution in [3.8, 4) is 5.75 Å². The Hall–Kier alpha value is -1.21. The predicted octanol–water partition coefficient (Wildman–Crippen LogP) is 6.61. The van der Waals surface area contributed by atoms with E-state index >= 15 is 0 Å². The zero-order chi connectivity index (χ0) is 22.4. The van der Waals surface area contributed by atoms with Crippen molar-refractivity contribution < 1.29 is 18.7 Å². The van der Waals surface area contributed by atoms with Gasteiger partial charge in [-0.3, -0.25) is 9.18 Å². The first-order valence-corrected chi connectivity index (χ1v) is 10.1. The Labute approximate surface area is 190 Å². The standard InChI is InChI=1S/C19H23Cl4FN2O3/c1-11(14(21)18(27)26(25-5)19(2,3)4)29-10-12-9-13(20)17(16(23)15(12)22)28-8-6-7-24/h9H,5-8,10H2,1-4H3/b14-11-. The Morgan fingerprint density at radius 3 is 2.41 bits per heavy atom. The zero-order valence-corrected chi connectivity index (χ0v) is 19.6. The van der Waals surface area contributed by atoms with Crippen LogP contribution in [0.2, 0.25) is 15.1 Å². The fourth-order valence-electron chi connectivity index (χ4n) is 2.17. The van der Waals surface area contributed by atoms with Gasteiger partial charge in [-0.05, 0) is 33.8 Å². The molecule has 1 aromatic rings. The summed E-state index contributed by atoms with van der Waals surface area (Å²) in [6, 6.07) is 1.52. The Morgan fingerprint density at radius 2 is 1.90 bits per heavy atom. The molecule has 10 heteroatoms. The number of halogens is 5. The molecule has 1 rings (SSSR count).